The van der Waals surface area contributed by atoms with E-state index in [0.717, 1.165) is 29.8 Å². The largest absolute Gasteiger partial charge is 0.379 e. The molecule has 148 valence electrons. The van der Waals surface area contributed by atoms with Crippen molar-refractivity contribution < 1.29 is 14.3 Å². The van der Waals surface area contributed by atoms with Crippen molar-refractivity contribution in [2.75, 3.05) is 38.2 Å². The molecule has 1 saturated heterocycles. The molecule has 2 aromatic rings. The quantitative estimate of drug-likeness (QED) is 0.771. The lowest BCUT2D eigenvalue weighted by Crippen LogP contribution is -2.45. The van der Waals surface area contributed by atoms with E-state index in [2.05, 4.69) is 20.5 Å². The molecule has 1 aliphatic heterocycles. The van der Waals surface area contributed by atoms with E-state index in [9.17, 15) is 9.59 Å². The van der Waals surface area contributed by atoms with E-state index >= 15 is 0 Å². The van der Waals surface area contributed by atoms with Gasteiger partial charge in [0.1, 0.15) is 0 Å². The fourth-order valence-electron chi connectivity index (χ4n) is 3.42. The first kappa shape index (κ1) is 20.0. The van der Waals surface area contributed by atoms with Gasteiger partial charge in [-0.25, -0.2) is 0 Å². The number of amides is 2. The normalized spacial score (nSPS) is 15.6. The van der Waals surface area contributed by atoms with Crippen molar-refractivity contribution in [1.29, 1.82) is 0 Å². The van der Waals surface area contributed by atoms with Gasteiger partial charge in [-0.05, 0) is 48.7 Å². The second-order valence-electron chi connectivity index (χ2n) is 6.99. The number of anilines is 1. The zero-order valence-corrected chi connectivity index (χ0v) is 16.3. The molecule has 2 N–H and O–H groups in total. The smallest absolute Gasteiger partial charge is 0.313 e. The summed E-state index contributed by atoms with van der Waals surface area (Å²) in [4.78, 5) is 31.1. The van der Waals surface area contributed by atoms with Gasteiger partial charge in [0.15, 0.2) is 0 Å². The Hall–Kier alpha value is -2.77. The average Bonchev–Trinajstić information content (AvgIpc) is 2.69. The van der Waals surface area contributed by atoms with Gasteiger partial charge in [-0.1, -0.05) is 12.1 Å². The SMILES string of the molecule is Cc1cc(C)cc(NC(=O)C(=O)NC[C@H](c2cccnc2)N2CCOCC2)c1. The number of hydrogen-bond donors (Lipinski definition) is 2. The molecule has 1 aromatic carbocycles. The van der Waals surface area contributed by atoms with Gasteiger partial charge in [0.05, 0.1) is 19.3 Å². The highest BCUT2D eigenvalue weighted by Crippen LogP contribution is 2.20. The molecule has 28 heavy (non-hydrogen) atoms. The lowest BCUT2D eigenvalue weighted by atomic mass is 10.1. The Balaban J connectivity index is 1.63. The summed E-state index contributed by atoms with van der Waals surface area (Å²) < 4.78 is 5.43. The molecule has 1 aromatic heterocycles. The van der Waals surface area contributed by atoms with E-state index < -0.39 is 11.8 Å². The number of rotatable bonds is 5. The number of aryl methyl sites for hydroxylation is 2. The molecule has 0 radical (unpaired) electrons. The van der Waals surface area contributed by atoms with E-state index in [1.807, 2.05) is 44.2 Å². The van der Waals surface area contributed by atoms with Gasteiger partial charge in [0.2, 0.25) is 0 Å². The highest BCUT2D eigenvalue weighted by Gasteiger charge is 2.24. The molecule has 0 aliphatic carbocycles. The number of ether oxygens (including phenoxy) is 1. The number of hydrogen-bond acceptors (Lipinski definition) is 5. The van der Waals surface area contributed by atoms with Gasteiger partial charge in [0, 0.05) is 37.7 Å². The summed E-state index contributed by atoms with van der Waals surface area (Å²) in [7, 11) is 0. The Bertz CT molecular complexity index is 799. The number of pyridine rings is 1. The molecule has 0 bridgehead atoms. The summed E-state index contributed by atoms with van der Waals surface area (Å²) in [6, 6.07) is 9.48. The molecule has 0 unspecified atom stereocenters. The van der Waals surface area contributed by atoms with E-state index in [-0.39, 0.29) is 6.04 Å². The van der Waals surface area contributed by atoms with Gasteiger partial charge in [-0.2, -0.15) is 0 Å². The van der Waals surface area contributed by atoms with Gasteiger partial charge in [-0.15, -0.1) is 0 Å². The Morgan fingerprint density at radius 3 is 2.50 bits per heavy atom. The maximum Gasteiger partial charge on any atom is 0.313 e. The van der Waals surface area contributed by atoms with Crippen molar-refractivity contribution in [2.24, 2.45) is 0 Å². The van der Waals surface area contributed by atoms with Crippen molar-refractivity contribution >= 4 is 17.5 Å². The van der Waals surface area contributed by atoms with Crippen LogP contribution in [-0.2, 0) is 14.3 Å². The maximum absolute atomic E-state index is 12.4. The molecule has 0 spiro atoms. The molecular weight excluding hydrogens is 356 g/mol. The van der Waals surface area contributed by atoms with Crippen molar-refractivity contribution in [2.45, 2.75) is 19.9 Å². The molecule has 2 amide bonds. The molecule has 0 saturated carbocycles. The lowest BCUT2D eigenvalue weighted by molar-refractivity contribution is -0.136. The van der Waals surface area contributed by atoms with Crippen molar-refractivity contribution in [3.05, 3.63) is 59.4 Å². The standard InChI is InChI=1S/C21H26N4O3/c1-15-10-16(2)12-18(11-15)24-21(27)20(26)23-14-19(17-4-3-5-22-13-17)25-6-8-28-9-7-25/h3-5,10-13,19H,6-9,14H2,1-2H3,(H,23,26)(H,24,27)/t19-/m1/s1. The molecule has 1 fully saturated rings. The zero-order valence-electron chi connectivity index (χ0n) is 16.3. The van der Waals surface area contributed by atoms with Crippen molar-refractivity contribution in [1.82, 2.24) is 15.2 Å². The average molecular weight is 382 g/mol. The predicted molar refractivity (Wildman–Crippen MR) is 107 cm³/mol. The van der Waals surface area contributed by atoms with E-state index in [4.69, 9.17) is 4.74 Å². The highest BCUT2D eigenvalue weighted by atomic mass is 16.5. The van der Waals surface area contributed by atoms with Crippen molar-refractivity contribution in [3.63, 3.8) is 0 Å². The Kier molecular flexibility index (Phi) is 6.73. The number of aromatic nitrogens is 1. The van der Waals surface area contributed by atoms with E-state index in [1.165, 1.54) is 0 Å². The number of benzene rings is 1. The van der Waals surface area contributed by atoms with E-state index in [0.29, 0.717) is 25.4 Å². The van der Waals surface area contributed by atoms with E-state index in [1.54, 1.807) is 12.4 Å². The van der Waals surface area contributed by atoms with Crippen LogP contribution >= 0.6 is 0 Å². The van der Waals surface area contributed by atoms with Crippen LogP contribution in [0, 0.1) is 13.8 Å². The summed E-state index contributed by atoms with van der Waals surface area (Å²) in [5.74, 6) is -1.32. The predicted octanol–water partition coefficient (Wildman–Crippen LogP) is 1.83. The minimum absolute atomic E-state index is 0.0597. The Labute approximate surface area is 165 Å². The molecule has 1 atom stereocenters. The third-order valence-electron chi connectivity index (χ3n) is 4.70. The summed E-state index contributed by atoms with van der Waals surface area (Å²) >= 11 is 0. The molecule has 2 heterocycles. The van der Waals surface area contributed by atoms with Crippen LogP contribution in [0.25, 0.3) is 0 Å². The van der Waals surface area contributed by atoms with Gasteiger partial charge < -0.3 is 15.4 Å². The second-order valence-corrected chi connectivity index (χ2v) is 6.99. The molecule has 7 nitrogen and oxygen atoms in total. The van der Waals surface area contributed by atoms with Crippen LogP contribution in [0.3, 0.4) is 0 Å². The summed E-state index contributed by atoms with van der Waals surface area (Å²) in [5.41, 5.74) is 3.67. The van der Waals surface area contributed by atoms with Gasteiger partial charge in [-0.3, -0.25) is 19.5 Å². The number of morpholine rings is 1. The first-order valence-electron chi connectivity index (χ1n) is 9.42. The number of nitrogens with one attached hydrogen (secondary N) is 2. The van der Waals surface area contributed by atoms with Crippen LogP contribution < -0.4 is 10.6 Å². The van der Waals surface area contributed by atoms with Crippen molar-refractivity contribution in [3.8, 4) is 0 Å². The molecule has 3 rings (SSSR count). The zero-order chi connectivity index (χ0) is 19.9. The first-order chi connectivity index (χ1) is 13.5. The van der Waals surface area contributed by atoms with Crippen LogP contribution in [0.15, 0.2) is 42.7 Å². The monoisotopic (exact) mass is 382 g/mol. The Morgan fingerprint density at radius 2 is 1.86 bits per heavy atom. The third-order valence-corrected chi connectivity index (χ3v) is 4.70. The van der Waals surface area contributed by atoms with Crippen LogP contribution in [0.1, 0.15) is 22.7 Å². The van der Waals surface area contributed by atoms with Crippen LogP contribution in [0.4, 0.5) is 5.69 Å². The summed E-state index contributed by atoms with van der Waals surface area (Å²) in [6.07, 6.45) is 3.51. The summed E-state index contributed by atoms with van der Waals surface area (Å²) in [6.45, 7) is 7.06. The minimum Gasteiger partial charge on any atom is -0.379 e. The third kappa shape index (κ3) is 5.37. The first-order valence-corrected chi connectivity index (χ1v) is 9.42. The summed E-state index contributed by atoms with van der Waals surface area (Å²) in [5, 5.41) is 5.44. The Morgan fingerprint density at radius 1 is 1.14 bits per heavy atom. The number of nitrogens with zero attached hydrogens (tertiary/aromatic N) is 2. The molecule has 7 heteroatoms. The van der Waals surface area contributed by atoms with Gasteiger partial charge in [0.25, 0.3) is 0 Å². The fraction of sp³-hybridized carbons (Fsp3) is 0.381. The van der Waals surface area contributed by atoms with Crippen LogP contribution in [-0.4, -0.2) is 54.5 Å². The second kappa shape index (κ2) is 9.43. The number of carbonyl (C=O) groups excluding carboxylic acids is 2. The minimum atomic E-state index is -0.670. The molecule has 1 aliphatic rings. The van der Waals surface area contributed by atoms with Crippen LogP contribution in [0.2, 0.25) is 0 Å². The lowest BCUT2D eigenvalue weighted by Gasteiger charge is -2.34. The topological polar surface area (TPSA) is 83.6 Å². The highest BCUT2D eigenvalue weighted by molar-refractivity contribution is 6.39. The van der Waals surface area contributed by atoms with Gasteiger partial charge >= 0.3 is 11.8 Å². The fourth-order valence-corrected chi connectivity index (χ4v) is 3.42. The molecular formula is C21H26N4O3. The van der Waals surface area contributed by atoms with Crippen LogP contribution in [0.5, 0.6) is 0 Å². The number of carbonyl (C=O) groups is 2. The maximum atomic E-state index is 12.4.